The van der Waals surface area contributed by atoms with Gasteiger partial charge in [0.2, 0.25) is 0 Å². The van der Waals surface area contributed by atoms with Crippen LogP contribution in [0.3, 0.4) is 0 Å². The van der Waals surface area contributed by atoms with Crippen molar-refractivity contribution in [2.75, 3.05) is 19.4 Å². The molecule has 1 aromatic heterocycles. The molecular weight excluding hydrogens is 280 g/mol. The number of anilines is 1. The number of carbonyl (C=O) groups excluding carboxylic acids is 2. The zero-order valence-corrected chi connectivity index (χ0v) is 11.8. The van der Waals surface area contributed by atoms with Crippen molar-refractivity contribution in [3.63, 3.8) is 0 Å². The molecule has 0 aliphatic rings. The van der Waals surface area contributed by atoms with Crippen LogP contribution >= 0.6 is 11.6 Å². The summed E-state index contributed by atoms with van der Waals surface area (Å²) in [5.41, 5.74) is 0.818. The number of aromatic nitrogens is 2. The van der Waals surface area contributed by atoms with Gasteiger partial charge in [-0.2, -0.15) is 0 Å². The second-order valence-corrected chi connectivity index (χ2v) is 4.70. The van der Waals surface area contributed by atoms with Crippen LogP contribution in [0.25, 0.3) is 0 Å². The van der Waals surface area contributed by atoms with E-state index in [1.165, 1.54) is 28.2 Å². The van der Waals surface area contributed by atoms with Crippen molar-refractivity contribution in [3.8, 4) is 0 Å². The van der Waals surface area contributed by atoms with Gasteiger partial charge in [-0.15, -0.1) is 0 Å². The van der Waals surface area contributed by atoms with E-state index in [1.54, 1.807) is 32.3 Å². The zero-order chi connectivity index (χ0) is 14.7. The van der Waals surface area contributed by atoms with Crippen molar-refractivity contribution in [3.05, 3.63) is 47.5 Å². The standard InChI is InChI=1S/C13H13ClN4O2/c1-17(2)12(19)9-3-4-10(14)11(7-9)16-13(20)18-6-5-15-8-18/h3-8H,1-2H3,(H,16,20). The lowest BCUT2D eigenvalue weighted by Gasteiger charge is -2.13. The van der Waals surface area contributed by atoms with Crippen LogP contribution in [0.5, 0.6) is 0 Å². The monoisotopic (exact) mass is 292 g/mol. The van der Waals surface area contributed by atoms with E-state index in [1.807, 2.05) is 0 Å². The highest BCUT2D eigenvalue weighted by Gasteiger charge is 2.12. The fourth-order valence-corrected chi connectivity index (χ4v) is 1.74. The quantitative estimate of drug-likeness (QED) is 0.923. The van der Waals surface area contributed by atoms with E-state index >= 15 is 0 Å². The first-order valence-corrected chi connectivity index (χ1v) is 6.17. The van der Waals surface area contributed by atoms with E-state index in [-0.39, 0.29) is 5.91 Å². The average Bonchev–Trinajstić information content (AvgIpc) is 2.94. The second kappa shape index (κ2) is 5.75. The molecule has 1 aromatic carbocycles. The molecule has 2 aromatic rings. The molecule has 0 saturated heterocycles. The number of benzene rings is 1. The molecule has 2 rings (SSSR count). The van der Waals surface area contributed by atoms with Gasteiger partial charge in [0.25, 0.3) is 5.91 Å². The highest BCUT2D eigenvalue weighted by Crippen LogP contribution is 2.23. The third kappa shape index (κ3) is 2.97. The van der Waals surface area contributed by atoms with Crippen LogP contribution < -0.4 is 5.32 Å². The van der Waals surface area contributed by atoms with E-state index in [9.17, 15) is 9.59 Å². The first kappa shape index (κ1) is 14.1. The molecule has 0 unspecified atom stereocenters. The molecule has 7 heteroatoms. The van der Waals surface area contributed by atoms with Crippen molar-refractivity contribution >= 4 is 29.2 Å². The van der Waals surface area contributed by atoms with Gasteiger partial charge in [0.1, 0.15) is 6.33 Å². The van der Waals surface area contributed by atoms with Gasteiger partial charge >= 0.3 is 6.03 Å². The number of nitrogens with zero attached hydrogens (tertiary/aromatic N) is 3. The van der Waals surface area contributed by atoms with Gasteiger partial charge in [-0.1, -0.05) is 11.6 Å². The number of hydrogen-bond acceptors (Lipinski definition) is 3. The van der Waals surface area contributed by atoms with E-state index < -0.39 is 6.03 Å². The number of imidazole rings is 1. The second-order valence-electron chi connectivity index (χ2n) is 4.29. The third-order valence-corrected chi connectivity index (χ3v) is 2.93. The predicted molar refractivity (Wildman–Crippen MR) is 76.1 cm³/mol. The average molecular weight is 293 g/mol. The maximum absolute atomic E-state index is 11.9. The summed E-state index contributed by atoms with van der Waals surface area (Å²) in [6.07, 6.45) is 4.38. The Balaban J connectivity index is 2.25. The fourth-order valence-electron chi connectivity index (χ4n) is 1.57. The van der Waals surface area contributed by atoms with Crippen molar-refractivity contribution in [1.82, 2.24) is 14.5 Å². The smallest absolute Gasteiger partial charge is 0.331 e. The summed E-state index contributed by atoms with van der Waals surface area (Å²) in [7, 11) is 3.31. The van der Waals surface area contributed by atoms with E-state index in [0.717, 1.165) is 0 Å². The Labute approximate surface area is 121 Å². The maximum atomic E-state index is 11.9. The SMILES string of the molecule is CN(C)C(=O)c1ccc(Cl)c(NC(=O)n2ccnc2)c1. The summed E-state index contributed by atoms with van der Waals surface area (Å²) < 4.78 is 1.27. The Morgan fingerprint density at radius 2 is 2.10 bits per heavy atom. The van der Waals surface area contributed by atoms with E-state index in [4.69, 9.17) is 11.6 Å². The van der Waals surface area contributed by atoms with Crippen LogP contribution in [0, 0.1) is 0 Å². The van der Waals surface area contributed by atoms with Gasteiger partial charge in [0, 0.05) is 32.1 Å². The number of carbonyl (C=O) groups is 2. The molecule has 0 aliphatic heterocycles. The molecule has 0 spiro atoms. The molecule has 0 fully saturated rings. The molecule has 6 nitrogen and oxygen atoms in total. The van der Waals surface area contributed by atoms with Crippen molar-refractivity contribution < 1.29 is 9.59 Å². The summed E-state index contributed by atoms with van der Waals surface area (Å²) in [4.78, 5) is 29.0. The van der Waals surface area contributed by atoms with Gasteiger partial charge in [0.15, 0.2) is 0 Å². The van der Waals surface area contributed by atoms with E-state index in [0.29, 0.717) is 16.3 Å². The molecule has 1 N–H and O–H groups in total. The molecule has 20 heavy (non-hydrogen) atoms. The summed E-state index contributed by atoms with van der Waals surface area (Å²) >= 11 is 6.02. The molecule has 0 aliphatic carbocycles. The highest BCUT2D eigenvalue weighted by molar-refractivity contribution is 6.33. The van der Waals surface area contributed by atoms with E-state index in [2.05, 4.69) is 10.3 Å². The highest BCUT2D eigenvalue weighted by atomic mass is 35.5. The summed E-state index contributed by atoms with van der Waals surface area (Å²) in [6.45, 7) is 0. The van der Waals surface area contributed by atoms with Gasteiger partial charge < -0.3 is 10.2 Å². The van der Waals surface area contributed by atoms with Crippen LogP contribution in [0.4, 0.5) is 10.5 Å². The van der Waals surface area contributed by atoms with Crippen LogP contribution in [-0.4, -0.2) is 40.5 Å². The lowest BCUT2D eigenvalue weighted by atomic mass is 10.2. The maximum Gasteiger partial charge on any atom is 0.331 e. The Kier molecular flexibility index (Phi) is 4.05. The summed E-state index contributed by atoms with van der Waals surface area (Å²) in [6, 6.07) is 4.32. The number of hydrogen-bond donors (Lipinski definition) is 1. The Bertz CT molecular complexity index is 638. The predicted octanol–water partition coefficient (Wildman–Crippen LogP) is 2.32. The summed E-state index contributed by atoms with van der Waals surface area (Å²) in [5, 5.41) is 2.98. The largest absolute Gasteiger partial charge is 0.345 e. The number of amides is 2. The Hall–Kier alpha value is -2.34. The zero-order valence-electron chi connectivity index (χ0n) is 11.0. The van der Waals surface area contributed by atoms with Gasteiger partial charge in [0.05, 0.1) is 10.7 Å². The number of rotatable bonds is 2. The lowest BCUT2D eigenvalue weighted by Crippen LogP contribution is -2.22. The molecule has 1 heterocycles. The lowest BCUT2D eigenvalue weighted by molar-refractivity contribution is 0.0827. The van der Waals surface area contributed by atoms with Crippen LogP contribution in [0.1, 0.15) is 10.4 Å². The minimum atomic E-state index is -0.404. The molecule has 2 amide bonds. The minimum absolute atomic E-state index is 0.167. The third-order valence-electron chi connectivity index (χ3n) is 2.60. The number of halogens is 1. The van der Waals surface area contributed by atoms with Gasteiger partial charge in [-0.25, -0.2) is 9.78 Å². The molecular formula is C13H13ClN4O2. The first-order valence-electron chi connectivity index (χ1n) is 5.79. The first-order chi connectivity index (χ1) is 9.49. The van der Waals surface area contributed by atoms with Gasteiger partial charge in [-0.05, 0) is 18.2 Å². The normalized spacial score (nSPS) is 10.2. The molecule has 0 bridgehead atoms. The van der Waals surface area contributed by atoms with Gasteiger partial charge in [-0.3, -0.25) is 9.36 Å². The molecule has 0 radical (unpaired) electrons. The molecule has 0 atom stereocenters. The Morgan fingerprint density at radius 3 is 2.70 bits per heavy atom. The van der Waals surface area contributed by atoms with Crippen LogP contribution in [0.2, 0.25) is 5.02 Å². The topological polar surface area (TPSA) is 67.2 Å². The molecule has 104 valence electrons. The number of nitrogens with one attached hydrogen (secondary N) is 1. The van der Waals surface area contributed by atoms with Crippen molar-refractivity contribution in [1.29, 1.82) is 0 Å². The van der Waals surface area contributed by atoms with Crippen molar-refractivity contribution in [2.45, 2.75) is 0 Å². The Morgan fingerprint density at radius 1 is 1.35 bits per heavy atom. The van der Waals surface area contributed by atoms with Crippen LogP contribution in [-0.2, 0) is 0 Å². The fraction of sp³-hybridized carbons (Fsp3) is 0.154. The van der Waals surface area contributed by atoms with Crippen LogP contribution in [0.15, 0.2) is 36.9 Å². The summed E-state index contributed by atoms with van der Waals surface area (Å²) in [5.74, 6) is -0.167. The van der Waals surface area contributed by atoms with Crippen molar-refractivity contribution in [2.24, 2.45) is 0 Å². The molecule has 0 saturated carbocycles. The minimum Gasteiger partial charge on any atom is -0.345 e.